The Kier molecular flexibility index (Phi) is 2.90. The molecule has 0 bridgehead atoms. The lowest BCUT2D eigenvalue weighted by molar-refractivity contribution is 0.340. The molecule has 0 aromatic carbocycles. The second-order valence-electron chi connectivity index (χ2n) is 5.23. The molecule has 2 saturated heterocycles. The van der Waals surface area contributed by atoms with E-state index in [2.05, 4.69) is 22.4 Å². The molecule has 2 fully saturated rings. The molecule has 18 heavy (non-hydrogen) atoms. The largest absolute Gasteiger partial charge is 0.339 e. The minimum Gasteiger partial charge on any atom is -0.339 e. The minimum atomic E-state index is -2.90. The first-order chi connectivity index (χ1) is 8.55. The summed E-state index contributed by atoms with van der Waals surface area (Å²) in [7, 11) is -2.90. The third kappa shape index (κ3) is 2.16. The fourth-order valence-corrected chi connectivity index (χ4v) is 4.50. The van der Waals surface area contributed by atoms with E-state index in [0.29, 0.717) is 24.2 Å². The molecule has 3 heterocycles. The van der Waals surface area contributed by atoms with Crippen molar-refractivity contribution in [1.82, 2.24) is 15.5 Å². The molecule has 1 N–H and O–H groups in total. The van der Waals surface area contributed by atoms with Gasteiger partial charge in [0.1, 0.15) is 0 Å². The van der Waals surface area contributed by atoms with Gasteiger partial charge in [-0.3, -0.25) is 0 Å². The molecule has 6 nitrogen and oxygen atoms in total. The van der Waals surface area contributed by atoms with Gasteiger partial charge in [0.25, 0.3) is 0 Å². The van der Waals surface area contributed by atoms with E-state index in [-0.39, 0.29) is 23.3 Å². The van der Waals surface area contributed by atoms with Crippen LogP contribution in [0.1, 0.15) is 43.3 Å². The average Bonchev–Trinajstić information content (AvgIpc) is 2.97. The van der Waals surface area contributed by atoms with Crippen molar-refractivity contribution in [1.29, 1.82) is 0 Å². The Labute approximate surface area is 106 Å². The van der Waals surface area contributed by atoms with Crippen LogP contribution in [0.5, 0.6) is 0 Å². The van der Waals surface area contributed by atoms with E-state index >= 15 is 0 Å². The molecule has 1 aromatic heterocycles. The highest BCUT2D eigenvalue weighted by atomic mass is 32.2. The third-order valence-corrected chi connectivity index (χ3v) is 5.67. The topological polar surface area (TPSA) is 85.1 Å². The summed E-state index contributed by atoms with van der Waals surface area (Å²) in [6.45, 7) is 3.06. The number of aromatic nitrogens is 2. The van der Waals surface area contributed by atoms with E-state index in [1.54, 1.807) is 0 Å². The van der Waals surface area contributed by atoms with Crippen molar-refractivity contribution in [3.05, 3.63) is 11.7 Å². The summed E-state index contributed by atoms with van der Waals surface area (Å²) in [6.07, 6.45) is 1.60. The van der Waals surface area contributed by atoms with Crippen LogP contribution in [0.25, 0.3) is 0 Å². The molecule has 2 aliphatic heterocycles. The molecule has 3 unspecified atom stereocenters. The van der Waals surface area contributed by atoms with Crippen LogP contribution in [-0.2, 0) is 9.84 Å². The summed E-state index contributed by atoms with van der Waals surface area (Å²) in [5.41, 5.74) is 0. The smallest absolute Gasteiger partial charge is 0.231 e. The maximum absolute atomic E-state index is 11.4. The Hall–Kier alpha value is -0.950. The summed E-state index contributed by atoms with van der Waals surface area (Å²) in [5.74, 6) is 1.77. The zero-order valence-corrected chi connectivity index (χ0v) is 11.1. The van der Waals surface area contributed by atoms with E-state index < -0.39 is 9.84 Å². The second-order valence-corrected chi connectivity index (χ2v) is 7.46. The molecule has 1 aromatic rings. The van der Waals surface area contributed by atoms with Crippen molar-refractivity contribution < 1.29 is 12.9 Å². The predicted molar refractivity (Wildman–Crippen MR) is 65.1 cm³/mol. The third-order valence-electron chi connectivity index (χ3n) is 3.90. The van der Waals surface area contributed by atoms with Crippen molar-refractivity contribution in [3.63, 3.8) is 0 Å². The van der Waals surface area contributed by atoms with Gasteiger partial charge in [-0.1, -0.05) is 5.16 Å². The van der Waals surface area contributed by atoms with Gasteiger partial charge in [-0.05, 0) is 26.3 Å². The molecule has 3 rings (SSSR count). The van der Waals surface area contributed by atoms with Gasteiger partial charge < -0.3 is 9.84 Å². The fraction of sp³-hybridized carbons (Fsp3) is 0.818. The Morgan fingerprint density at radius 3 is 2.83 bits per heavy atom. The van der Waals surface area contributed by atoms with Crippen molar-refractivity contribution in [3.8, 4) is 0 Å². The fourth-order valence-electron chi connectivity index (χ4n) is 2.76. The van der Waals surface area contributed by atoms with E-state index in [0.717, 1.165) is 13.0 Å². The highest BCUT2D eigenvalue weighted by Crippen LogP contribution is 2.30. The van der Waals surface area contributed by atoms with Gasteiger partial charge in [0.2, 0.25) is 5.89 Å². The number of rotatable bonds is 2. The Bertz CT molecular complexity index is 539. The van der Waals surface area contributed by atoms with E-state index in [1.165, 1.54) is 0 Å². The van der Waals surface area contributed by atoms with Gasteiger partial charge in [0.15, 0.2) is 15.7 Å². The first kappa shape index (κ1) is 12.1. The van der Waals surface area contributed by atoms with Crippen LogP contribution in [-0.4, -0.2) is 42.7 Å². The molecule has 0 spiro atoms. The van der Waals surface area contributed by atoms with Gasteiger partial charge in [0.05, 0.1) is 17.4 Å². The maximum Gasteiger partial charge on any atom is 0.231 e. The van der Waals surface area contributed by atoms with Crippen LogP contribution < -0.4 is 5.32 Å². The lowest BCUT2D eigenvalue weighted by atomic mass is 10.0. The molecule has 0 saturated carbocycles. The highest BCUT2D eigenvalue weighted by Gasteiger charge is 2.34. The van der Waals surface area contributed by atoms with Crippen LogP contribution >= 0.6 is 0 Å². The first-order valence-electron chi connectivity index (χ1n) is 6.32. The lowest BCUT2D eigenvalue weighted by Gasteiger charge is -2.08. The Balaban J connectivity index is 1.78. The van der Waals surface area contributed by atoms with Crippen molar-refractivity contribution in [2.75, 3.05) is 18.1 Å². The number of hydrogen-bond donors (Lipinski definition) is 1. The van der Waals surface area contributed by atoms with Crippen LogP contribution in [0, 0.1) is 0 Å². The van der Waals surface area contributed by atoms with E-state index in [9.17, 15) is 8.42 Å². The standard InChI is InChI=1S/C11H17N3O3S/c1-7-9(2-4-12-7)11-13-10(14-17-11)8-3-5-18(15,16)6-8/h7-9,12H,2-6H2,1H3. The van der Waals surface area contributed by atoms with Gasteiger partial charge >= 0.3 is 0 Å². The molecule has 0 radical (unpaired) electrons. The molecule has 100 valence electrons. The zero-order chi connectivity index (χ0) is 12.8. The normalized spacial score (nSPS) is 35.1. The number of sulfone groups is 1. The second kappa shape index (κ2) is 4.31. The SMILES string of the molecule is CC1NCCC1c1nc(C2CCS(=O)(=O)C2)no1. The van der Waals surface area contributed by atoms with Crippen molar-refractivity contribution >= 4 is 9.84 Å². The van der Waals surface area contributed by atoms with Gasteiger partial charge in [0, 0.05) is 12.0 Å². The number of nitrogens with one attached hydrogen (secondary N) is 1. The molecule has 0 amide bonds. The molecule has 2 aliphatic rings. The maximum atomic E-state index is 11.4. The lowest BCUT2D eigenvalue weighted by Crippen LogP contribution is -2.21. The summed E-state index contributed by atoms with van der Waals surface area (Å²) >= 11 is 0. The molecule has 3 atom stereocenters. The summed E-state index contributed by atoms with van der Waals surface area (Å²) < 4.78 is 28.2. The monoisotopic (exact) mass is 271 g/mol. The van der Waals surface area contributed by atoms with Gasteiger partial charge in [-0.2, -0.15) is 4.98 Å². The Morgan fingerprint density at radius 2 is 2.22 bits per heavy atom. The highest BCUT2D eigenvalue weighted by molar-refractivity contribution is 7.91. The van der Waals surface area contributed by atoms with E-state index in [4.69, 9.17) is 4.52 Å². The first-order valence-corrected chi connectivity index (χ1v) is 8.14. The van der Waals surface area contributed by atoms with Gasteiger partial charge in [-0.25, -0.2) is 8.42 Å². The predicted octanol–water partition coefficient (Wildman–Crippen LogP) is 0.437. The average molecular weight is 271 g/mol. The minimum absolute atomic E-state index is 0.0860. The molecule has 7 heteroatoms. The molecule has 0 aliphatic carbocycles. The van der Waals surface area contributed by atoms with Gasteiger partial charge in [-0.15, -0.1) is 0 Å². The van der Waals surface area contributed by atoms with Crippen LogP contribution in [0.15, 0.2) is 4.52 Å². The molecular weight excluding hydrogens is 254 g/mol. The zero-order valence-electron chi connectivity index (χ0n) is 10.3. The van der Waals surface area contributed by atoms with Crippen LogP contribution in [0.4, 0.5) is 0 Å². The quantitative estimate of drug-likeness (QED) is 0.840. The van der Waals surface area contributed by atoms with Crippen molar-refractivity contribution in [2.24, 2.45) is 0 Å². The number of hydrogen-bond acceptors (Lipinski definition) is 6. The van der Waals surface area contributed by atoms with Crippen LogP contribution in [0.2, 0.25) is 0 Å². The van der Waals surface area contributed by atoms with Crippen molar-refractivity contribution in [2.45, 2.75) is 37.6 Å². The summed E-state index contributed by atoms with van der Waals surface area (Å²) in [6, 6.07) is 0.339. The summed E-state index contributed by atoms with van der Waals surface area (Å²) in [4.78, 5) is 4.41. The van der Waals surface area contributed by atoms with Crippen LogP contribution in [0.3, 0.4) is 0 Å². The Morgan fingerprint density at radius 1 is 1.39 bits per heavy atom. The van der Waals surface area contributed by atoms with E-state index in [1.807, 2.05) is 0 Å². The summed E-state index contributed by atoms with van der Waals surface area (Å²) in [5, 5.41) is 7.30. The molecular formula is C11H17N3O3S. The number of nitrogens with zero attached hydrogens (tertiary/aromatic N) is 2.